The van der Waals surface area contributed by atoms with Crippen molar-refractivity contribution in [3.05, 3.63) is 48.0 Å². The summed E-state index contributed by atoms with van der Waals surface area (Å²) in [6.45, 7) is 11.8. The molecule has 2 aromatic carbocycles. The summed E-state index contributed by atoms with van der Waals surface area (Å²) in [6, 6.07) is 14.9. The fraction of sp³-hybridized carbons (Fsp3) is 0.538. The van der Waals surface area contributed by atoms with Crippen molar-refractivity contribution in [1.29, 1.82) is 0 Å². The van der Waals surface area contributed by atoms with Crippen molar-refractivity contribution < 1.29 is 14.3 Å². The molecular weight excluding hydrogens is 420 g/mol. The highest BCUT2D eigenvalue weighted by Crippen LogP contribution is 2.26. The largest absolute Gasteiger partial charge is 0.452 e. The van der Waals surface area contributed by atoms with Crippen LogP contribution in [0, 0.1) is 5.92 Å². The van der Waals surface area contributed by atoms with Crippen LogP contribution in [-0.2, 0) is 16.1 Å². The molecule has 1 fully saturated rings. The standard InChI is InChI=1S/C26H36N2O3S/c1-18(2)12-24(29)28(16-19-10-11-20-8-6-7-9-21(20)13-19)17-22-14-23(15-27-22)32-25(30)31-26(3,4)5/h6-11,13,18,22-23,27H,12,14-17H2,1-5H3/t22-,23-/m0/s1. The Kier molecular flexibility index (Phi) is 8.23. The van der Waals surface area contributed by atoms with Crippen molar-refractivity contribution in [3.8, 4) is 0 Å². The predicted octanol–water partition coefficient (Wildman–Crippen LogP) is 5.61. The van der Waals surface area contributed by atoms with Gasteiger partial charge in [-0.25, -0.2) is 4.79 Å². The molecule has 2 atom stereocenters. The molecule has 0 aliphatic carbocycles. The van der Waals surface area contributed by atoms with Gasteiger partial charge in [0.1, 0.15) is 5.60 Å². The fourth-order valence-electron chi connectivity index (χ4n) is 3.98. The Bertz CT molecular complexity index is 938. The molecule has 6 heteroatoms. The third-order valence-corrected chi connectivity index (χ3v) is 6.37. The zero-order chi connectivity index (χ0) is 23.3. The number of thioether (sulfide) groups is 1. The van der Waals surface area contributed by atoms with Crippen LogP contribution < -0.4 is 5.32 Å². The first kappa shape index (κ1) is 24.6. The normalized spacial score (nSPS) is 18.8. The number of nitrogens with zero attached hydrogens (tertiary/aromatic N) is 1. The monoisotopic (exact) mass is 456 g/mol. The summed E-state index contributed by atoms with van der Waals surface area (Å²) in [5, 5.41) is 5.84. The molecule has 3 rings (SSSR count). The van der Waals surface area contributed by atoms with Gasteiger partial charge in [0, 0.05) is 37.3 Å². The van der Waals surface area contributed by atoms with Crippen molar-refractivity contribution in [2.45, 2.75) is 70.9 Å². The van der Waals surface area contributed by atoms with E-state index >= 15 is 0 Å². The SMILES string of the molecule is CC(C)CC(=O)N(Cc1ccc2ccccc2c1)C[C@@H]1C[C@H](SC(=O)OC(C)(C)C)CN1. The first-order chi connectivity index (χ1) is 15.1. The van der Waals surface area contributed by atoms with Gasteiger partial charge in [-0.05, 0) is 67.3 Å². The number of benzene rings is 2. The van der Waals surface area contributed by atoms with Crippen LogP contribution in [0.2, 0.25) is 0 Å². The van der Waals surface area contributed by atoms with E-state index in [4.69, 9.17) is 4.74 Å². The lowest BCUT2D eigenvalue weighted by Crippen LogP contribution is -2.41. The molecule has 0 spiro atoms. The van der Waals surface area contributed by atoms with E-state index in [9.17, 15) is 9.59 Å². The second kappa shape index (κ2) is 10.7. The van der Waals surface area contributed by atoms with E-state index < -0.39 is 5.60 Å². The van der Waals surface area contributed by atoms with Crippen molar-refractivity contribution in [2.75, 3.05) is 13.1 Å². The number of carbonyl (C=O) groups is 2. The van der Waals surface area contributed by atoms with Crippen molar-refractivity contribution in [2.24, 2.45) is 5.92 Å². The molecule has 0 aromatic heterocycles. The summed E-state index contributed by atoms with van der Waals surface area (Å²) in [4.78, 5) is 27.2. The lowest BCUT2D eigenvalue weighted by molar-refractivity contribution is -0.132. The number of fused-ring (bicyclic) bond motifs is 1. The minimum Gasteiger partial charge on any atom is -0.452 e. The Hall–Kier alpha value is -2.05. The number of hydrogen-bond acceptors (Lipinski definition) is 5. The highest BCUT2D eigenvalue weighted by Gasteiger charge is 2.31. The molecule has 0 unspecified atom stereocenters. The maximum atomic E-state index is 13.0. The predicted molar refractivity (Wildman–Crippen MR) is 133 cm³/mol. The minimum atomic E-state index is -0.477. The zero-order valence-electron chi connectivity index (χ0n) is 19.9. The van der Waals surface area contributed by atoms with Gasteiger partial charge < -0.3 is 15.0 Å². The molecule has 2 aromatic rings. The minimum absolute atomic E-state index is 0.164. The molecule has 0 radical (unpaired) electrons. The van der Waals surface area contributed by atoms with Crippen LogP contribution in [0.5, 0.6) is 0 Å². The van der Waals surface area contributed by atoms with E-state index in [-0.39, 0.29) is 22.5 Å². The van der Waals surface area contributed by atoms with Gasteiger partial charge in [-0.3, -0.25) is 4.79 Å². The van der Waals surface area contributed by atoms with Crippen molar-refractivity contribution >= 4 is 33.7 Å². The van der Waals surface area contributed by atoms with E-state index in [2.05, 4.69) is 49.5 Å². The summed E-state index contributed by atoms with van der Waals surface area (Å²) in [5.41, 5.74) is 0.661. The van der Waals surface area contributed by atoms with Crippen LogP contribution in [0.1, 0.15) is 53.0 Å². The third kappa shape index (κ3) is 7.52. The van der Waals surface area contributed by atoms with E-state index in [1.807, 2.05) is 37.8 Å². The Balaban J connectivity index is 1.64. The molecule has 174 valence electrons. The maximum absolute atomic E-state index is 13.0. The lowest BCUT2D eigenvalue weighted by Gasteiger charge is -2.27. The number of hydrogen-bond donors (Lipinski definition) is 1. The smallest absolute Gasteiger partial charge is 0.368 e. The molecule has 1 amide bonds. The van der Waals surface area contributed by atoms with E-state index in [1.165, 1.54) is 22.5 Å². The van der Waals surface area contributed by atoms with Crippen LogP contribution in [0.4, 0.5) is 4.79 Å². The highest BCUT2D eigenvalue weighted by atomic mass is 32.2. The van der Waals surface area contributed by atoms with E-state index in [0.717, 1.165) is 18.5 Å². The molecule has 0 saturated carbocycles. The van der Waals surface area contributed by atoms with Crippen LogP contribution in [0.3, 0.4) is 0 Å². The van der Waals surface area contributed by atoms with Gasteiger partial charge in [-0.15, -0.1) is 0 Å². The lowest BCUT2D eigenvalue weighted by atomic mass is 10.1. The van der Waals surface area contributed by atoms with Gasteiger partial charge in [0.2, 0.25) is 5.91 Å². The third-order valence-electron chi connectivity index (χ3n) is 5.40. The summed E-state index contributed by atoms with van der Waals surface area (Å²) in [5.74, 6) is 0.492. The van der Waals surface area contributed by atoms with Crippen molar-refractivity contribution in [3.63, 3.8) is 0 Å². The van der Waals surface area contributed by atoms with Gasteiger partial charge >= 0.3 is 5.30 Å². The second-order valence-corrected chi connectivity index (χ2v) is 11.3. The Morgan fingerprint density at radius 3 is 2.56 bits per heavy atom. The molecular formula is C26H36N2O3S. The molecule has 5 nitrogen and oxygen atoms in total. The summed E-state index contributed by atoms with van der Waals surface area (Å²) >= 11 is 1.26. The van der Waals surface area contributed by atoms with Gasteiger partial charge in [-0.2, -0.15) is 0 Å². The molecule has 1 saturated heterocycles. The summed E-state index contributed by atoms with van der Waals surface area (Å²) in [6.07, 6.45) is 1.38. The molecule has 1 aliphatic rings. The molecule has 1 N–H and O–H groups in total. The molecule has 32 heavy (non-hydrogen) atoms. The second-order valence-electron chi connectivity index (χ2n) is 10.1. The molecule has 1 heterocycles. The average molecular weight is 457 g/mol. The van der Waals surface area contributed by atoms with E-state index in [1.54, 1.807) is 0 Å². The number of nitrogens with one attached hydrogen (secondary N) is 1. The van der Waals surface area contributed by atoms with Gasteiger partial charge in [0.05, 0.1) is 0 Å². The van der Waals surface area contributed by atoms with Crippen LogP contribution in [0.15, 0.2) is 42.5 Å². The first-order valence-corrected chi connectivity index (χ1v) is 12.4. The first-order valence-electron chi connectivity index (χ1n) is 11.5. The zero-order valence-corrected chi connectivity index (χ0v) is 20.7. The number of rotatable bonds is 7. The summed E-state index contributed by atoms with van der Waals surface area (Å²) < 4.78 is 5.44. The average Bonchev–Trinajstić information content (AvgIpc) is 3.12. The Labute approximate surface area is 196 Å². The number of amides is 1. The van der Waals surface area contributed by atoms with Gasteiger partial charge in [0.25, 0.3) is 0 Å². The molecule has 0 bridgehead atoms. The highest BCUT2D eigenvalue weighted by molar-refractivity contribution is 8.13. The van der Waals surface area contributed by atoms with Crippen molar-refractivity contribution in [1.82, 2.24) is 10.2 Å². The maximum Gasteiger partial charge on any atom is 0.368 e. The van der Waals surface area contributed by atoms with E-state index in [0.29, 0.717) is 25.4 Å². The Morgan fingerprint density at radius 2 is 1.88 bits per heavy atom. The van der Waals surface area contributed by atoms with Crippen LogP contribution in [-0.4, -0.2) is 46.1 Å². The number of ether oxygens (including phenoxy) is 1. The topological polar surface area (TPSA) is 58.6 Å². The summed E-state index contributed by atoms with van der Waals surface area (Å²) in [7, 11) is 0. The van der Waals surface area contributed by atoms with Crippen LogP contribution in [0.25, 0.3) is 10.8 Å². The van der Waals surface area contributed by atoms with Gasteiger partial charge in [-0.1, -0.05) is 50.2 Å². The fourth-order valence-corrected chi connectivity index (χ4v) is 5.06. The van der Waals surface area contributed by atoms with Gasteiger partial charge in [0.15, 0.2) is 0 Å². The van der Waals surface area contributed by atoms with Crippen LogP contribution >= 0.6 is 11.8 Å². The quantitative estimate of drug-likeness (QED) is 0.549. The Morgan fingerprint density at radius 1 is 1.16 bits per heavy atom. The molecule has 1 aliphatic heterocycles. The number of carbonyl (C=O) groups excluding carboxylic acids is 2.